The van der Waals surface area contributed by atoms with Gasteiger partial charge in [-0.15, -0.1) is 0 Å². The van der Waals surface area contributed by atoms with Gasteiger partial charge in [0.2, 0.25) is 0 Å². The molecule has 0 radical (unpaired) electrons. The van der Waals surface area contributed by atoms with E-state index in [-0.39, 0.29) is 13.2 Å². The summed E-state index contributed by atoms with van der Waals surface area (Å²) < 4.78 is 29.0. The van der Waals surface area contributed by atoms with Gasteiger partial charge in [-0.1, -0.05) is 76.6 Å². The summed E-state index contributed by atoms with van der Waals surface area (Å²) >= 11 is 3.50. The van der Waals surface area contributed by atoms with Crippen molar-refractivity contribution in [2.45, 2.75) is 56.5 Å². The Morgan fingerprint density at radius 1 is 0.812 bits per heavy atom. The Morgan fingerprint density at radius 3 is 1.91 bits per heavy atom. The lowest BCUT2D eigenvalue weighted by molar-refractivity contribution is -0.241. The molecule has 8 heteroatoms. The van der Waals surface area contributed by atoms with Crippen molar-refractivity contribution in [1.29, 1.82) is 0 Å². The summed E-state index contributed by atoms with van der Waals surface area (Å²) in [6.45, 7) is 3.38. The number of halogens is 1. The molecule has 2 aromatic rings. The van der Waals surface area contributed by atoms with E-state index >= 15 is 0 Å². The first-order chi connectivity index (χ1) is 15.4. The summed E-state index contributed by atoms with van der Waals surface area (Å²) in [6.07, 6.45) is -3.12. The molecule has 0 aliphatic carbocycles. The van der Waals surface area contributed by atoms with Crippen LogP contribution in [0.2, 0.25) is 0 Å². The predicted octanol–water partition coefficient (Wildman–Crippen LogP) is 3.77. The molecule has 1 fully saturated rings. The SMILES string of the molecule is CC(=O)O[C@@H]1C(OCc2ccccc2)C(Br)OC(COCc2ccccc2)[C@@H]1OC(C)=O. The van der Waals surface area contributed by atoms with Crippen molar-refractivity contribution >= 4 is 27.9 Å². The maximum absolute atomic E-state index is 11.9. The minimum Gasteiger partial charge on any atom is -0.456 e. The molecule has 172 valence electrons. The Labute approximate surface area is 196 Å². The minimum atomic E-state index is -0.887. The summed E-state index contributed by atoms with van der Waals surface area (Å²) in [6, 6.07) is 19.3. The molecule has 1 aliphatic rings. The largest absolute Gasteiger partial charge is 0.456 e. The van der Waals surface area contributed by atoms with Crippen LogP contribution in [0.25, 0.3) is 0 Å². The summed E-state index contributed by atoms with van der Waals surface area (Å²) in [5, 5.41) is -0.604. The first kappa shape index (κ1) is 24.4. The van der Waals surface area contributed by atoms with Crippen LogP contribution in [0, 0.1) is 0 Å². The summed E-state index contributed by atoms with van der Waals surface area (Å²) in [7, 11) is 0. The molecule has 32 heavy (non-hydrogen) atoms. The van der Waals surface area contributed by atoms with Crippen molar-refractivity contribution in [2.24, 2.45) is 0 Å². The molecule has 0 spiro atoms. The summed E-state index contributed by atoms with van der Waals surface area (Å²) in [5.41, 5.74) is 1.95. The standard InChI is InChI=1S/C24H27BrO7/c1-16(26)30-21-20(15-28-13-18-9-5-3-6-10-18)32-24(25)23(22(21)31-17(2)27)29-14-19-11-7-4-8-12-19/h3-12,20-24H,13-15H2,1-2H3/t20?,21-,22-,23?,24?/m0/s1. The molecule has 0 N–H and O–H groups in total. The number of carbonyl (C=O) groups is 2. The highest BCUT2D eigenvalue weighted by molar-refractivity contribution is 9.09. The molecular weight excluding hydrogens is 480 g/mol. The van der Waals surface area contributed by atoms with E-state index < -0.39 is 41.4 Å². The third-order valence-corrected chi connectivity index (χ3v) is 5.60. The van der Waals surface area contributed by atoms with E-state index in [0.717, 1.165) is 11.1 Å². The van der Waals surface area contributed by atoms with Gasteiger partial charge >= 0.3 is 11.9 Å². The smallest absolute Gasteiger partial charge is 0.303 e. The fourth-order valence-corrected chi connectivity index (χ4v) is 4.20. The molecule has 5 atom stereocenters. The van der Waals surface area contributed by atoms with Gasteiger partial charge in [0.1, 0.15) is 17.2 Å². The molecule has 0 amide bonds. The number of hydrogen-bond donors (Lipinski definition) is 0. The molecule has 0 aromatic heterocycles. The summed E-state index contributed by atoms with van der Waals surface area (Å²) in [5.74, 6) is -1.02. The van der Waals surface area contributed by atoms with Crippen molar-refractivity contribution in [3.05, 3.63) is 71.8 Å². The topological polar surface area (TPSA) is 80.3 Å². The van der Waals surface area contributed by atoms with Gasteiger partial charge in [-0.05, 0) is 11.1 Å². The Kier molecular flexibility index (Phi) is 9.23. The Bertz CT molecular complexity index is 861. The third-order valence-electron chi connectivity index (χ3n) is 4.86. The van der Waals surface area contributed by atoms with Crippen molar-refractivity contribution < 1.29 is 33.3 Å². The monoisotopic (exact) mass is 506 g/mol. The lowest BCUT2D eigenvalue weighted by atomic mass is 9.99. The fourth-order valence-electron chi connectivity index (χ4n) is 3.47. The second-order valence-corrected chi connectivity index (χ2v) is 8.34. The number of esters is 2. The van der Waals surface area contributed by atoms with E-state index in [0.29, 0.717) is 6.61 Å². The van der Waals surface area contributed by atoms with Gasteiger partial charge in [-0.2, -0.15) is 0 Å². The number of carbonyl (C=O) groups excluding carboxylic acids is 2. The minimum absolute atomic E-state index is 0.137. The zero-order valence-electron chi connectivity index (χ0n) is 18.0. The van der Waals surface area contributed by atoms with Crippen molar-refractivity contribution in [3.63, 3.8) is 0 Å². The van der Waals surface area contributed by atoms with Gasteiger partial charge in [-0.3, -0.25) is 9.59 Å². The van der Waals surface area contributed by atoms with E-state index in [1.807, 2.05) is 60.7 Å². The molecule has 1 aliphatic heterocycles. The second kappa shape index (κ2) is 12.1. The zero-order valence-corrected chi connectivity index (χ0v) is 19.6. The first-order valence-electron chi connectivity index (χ1n) is 10.3. The maximum atomic E-state index is 11.9. The lowest BCUT2D eigenvalue weighted by Gasteiger charge is -2.43. The molecule has 0 saturated carbocycles. The van der Waals surface area contributed by atoms with Crippen molar-refractivity contribution in [2.75, 3.05) is 6.61 Å². The van der Waals surface area contributed by atoms with Crippen LogP contribution < -0.4 is 0 Å². The molecule has 1 heterocycles. The van der Waals surface area contributed by atoms with Crippen LogP contribution in [0.5, 0.6) is 0 Å². The number of benzene rings is 2. The van der Waals surface area contributed by atoms with Crippen LogP contribution in [0.4, 0.5) is 0 Å². The normalized spacial score (nSPS) is 25.2. The maximum Gasteiger partial charge on any atom is 0.303 e. The van der Waals surface area contributed by atoms with Crippen LogP contribution in [-0.4, -0.2) is 48.0 Å². The number of rotatable bonds is 9. The Hall–Kier alpha value is -2.26. The zero-order chi connectivity index (χ0) is 22.9. The van der Waals surface area contributed by atoms with Crippen LogP contribution in [0.1, 0.15) is 25.0 Å². The number of alkyl halides is 1. The average Bonchev–Trinajstić information content (AvgIpc) is 2.76. The molecule has 3 unspecified atom stereocenters. The number of hydrogen-bond acceptors (Lipinski definition) is 7. The Morgan fingerprint density at radius 2 is 1.34 bits per heavy atom. The molecule has 3 rings (SSSR count). The third kappa shape index (κ3) is 7.13. The number of ether oxygens (including phenoxy) is 5. The van der Waals surface area contributed by atoms with Gasteiger partial charge in [0, 0.05) is 13.8 Å². The van der Waals surface area contributed by atoms with Crippen LogP contribution in [0.15, 0.2) is 60.7 Å². The highest BCUT2D eigenvalue weighted by Crippen LogP contribution is 2.32. The highest BCUT2D eigenvalue weighted by atomic mass is 79.9. The predicted molar refractivity (Wildman–Crippen MR) is 120 cm³/mol. The van der Waals surface area contributed by atoms with E-state index in [1.54, 1.807) is 0 Å². The average molecular weight is 507 g/mol. The van der Waals surface area contributed by atoms with Gasteiger partial charge in [0.05, 0.1) is 19.8 Å². The van der Waals surface area contributed by atoms with E-state index in [1.165, 1.54) is 13.8 Å². The van der Waals surface area contributed by atoms with E-state index in [2.05, 4.69) is 15.9 Å². The second-order valence-electron chi connectivity index (χ2n) is 7.44. The summed E-state index contributed by atoms with van der Waals surface area (Å²) in [4.78, 5) is 23.7. The molecule has 1 saturated heterocycles. The van der Waals surface area contributed by atoms with Gasteiger partial charge in [0.25, 0.3) is 0 Å². The fraction of sp³-hybridized carbons (Fsp3) is 0.417. The highest BCUT2D eigenvalue weighted by Gasteiger charge is 2.50. The molecular formula is C24H27BrO7. The van der Waals surface area contributed by atoms with Crippen molar-refractivity contribution in [3.8, 4) is 0 Å². The van der Waals surface area contributed by atoms with Gasteiger partial charge in [0.15, 0.2) is 12.2 Å². The lowest BCUT2D eigenvalue weighted by Crippen LogP contribution is -2.60. The van der Waals surface area contributed by atoms with Gasteiger partial charge in [-0.25, -0.2) is 0 Å². The quantitative estimate of drug-likeness (QED) is 0.378. The molecule has 7 nitrogen and oxygen atoms in total. The van der Waals surface area contributed by atoms with Crippen LogP contribution in [0.3, 0.4) is 0 Å². The molecule has 0 bridgehead atoms. The first-order valence-corrected chi connectivity index (χ1v) is 11.3. The Balaban J connectivity index is 1.73. The van der Waals surface area contributed by atoms with Gasteiger partial charge < -0.3 is 23.7 Å². The van der Waals surface area contributed by atoms with E-state index in [9.17, 15) is 9.59 Å². The van der Waals surface area contributed by atoms with E-state index in [4.69, 9.17) is 23.7 Å². The van der Waals surface area contributed by atoms with Crippen LogP contribution in [-0.2, 0) is 46.5 Å². The molecule has 2 aromatic carbocycles. The van der Waals surface area contributed by atoms with Crippen molar-refractivity contribution in [1.82, 2.24) is 0 Å². The van der Waals surface area contributed by atoms with Crippen LogP contribution >= 0.6 is 15.9 Å².